The van der Waals surface area contributed by atoms with E-state index in [9.17, 15) is 4.79 Å². The number of nitrogens with zero attached hydrogens (tertiary/aromatic N) is 2. The second-order valence-electron chi connectivity index (χ2n) is 1.70. The number of carbonyl (C=O) groups excluding carboxylic acids is 1. The standard InChI is InChI=1S/C5H7N3O/c1-4-7-5(9)3-6-8(4)2/h3H,1H2,2H3,(H,7,9). The lowest BCUT2D eigenvalue weighted by molar-refractivity contribution is -0.114. The van der Waals surface area contributed by atoms with E-state index in [1.807, 2.05) is 0 Å². The Balaban J connectivity index is 2.76. The minimum absolute atomic E-state index is 0.224. The van der Waals surface area contributed by atoms with Crippen LogP contribution in [0.15, 0.2) is 17.5 Å². The SMILES string of the molecule is C=C1NC(=O)C=NN1C. The molecule has 0 aromatic carbocycles. The summed E-state index contributed by atoms with van der Waals surface area (Å²) in [6.07, 6.45) is 1.20. The summed E-state index contributed by atoms with van der Waals surface area (Å²) in [6.45, 7) is 3.53. The first-order valence-electron chi connectivity index (χ1n) is 2.48. The van der Waals surface area contributed by atoms with Gasteiger partial charge in [-0.15, -0.1) is 0 Å². The molecule has 4 nitrogen and oxygen atoms in total. The Kier molecular flexibility index (Phi) is 1.22. The molecule has 0 fully saturated rings. The number of nitrogens with one attached hydrogen (secondary N) is 1. The predicted molar refractivity (Wildman–Crippen MR) is 33.5 cm³/mol. The highest BCUT2D eigenvalue weighted by molar-refractivity contribution is 6.27. The zero-order valence-electron chi connectivity index (χ0n) is 5.09. The largest absolute Gasteiger partial charge is 0.306 e. The van der Waals surface area contributed by atoms with Crippen LogP contribution in [0.2, 0.25) is 0 Å². The third-order valence-corrected chi connectivity index (χ3v) is 1.01. The Morgan fingerprint density at radius 3 is 3.00 bits per heavy atom. The molecule has 0 radical (unpaired) electrons. The normalized spacial score (nSPS) is 18.1. The van der Waals surface area contributed by atoms with Gasteiger partial charge in [0.25, 0.3) is 5.91 Å². The molecule has 0 aromatic rings. The Morgan fingerprint density at radius 1 is 1.89 bits per heavy atom. The molecule has 0 aromatic heterocycles. The number of hydrogen-bond acceptors (Lipinski definition) is 3. The maximum atomic E-state index is 10.5. The Hall–Kier alpha value is -1.32. The number of hydrogen-bond donors (Lipinski definition) is 1. The van der Waals surface area contributed by atoms with Crippen molar-refractivity contribution in [2.24, 2.45) is 5.10 Å². The van der Waals surface area contributed by atoms with Gasteiger partial charge in [0.2, 0.25) is 0 Å². The van der Waals surface area contributed by atoms with Crippen molar-refractivity contribution in [3.8, 4) is 0 Å². The molecule has 0 atom stereocenters. The highest BCUT2D eigenvalue weighted by Crippen LogP contribution is 1.96. The van der Waals surface area contributed by atoms with Crippen LogP contribution in [-0.4, -0.2) is 24.2 Å². The Morgan fingerprint density at radius 2 is 2.56 bits per heavy atom. The lowest BCUT2D eigenvalue weighted by Crippen LogP contribution is -2.35. The van der Waals surface area contributed by atoms with Gasteiger partial charge in [-0.1, -0.05) is 6.58 Å². The van der Waals surface area contributed by atoms with E-state index in [-0.39, 0.29) is 5.91 Å². The molecule has 0 bridgehead atoms. The maximum Gasteiger partial charge on any atom is 0.269 e. The highest BCUT2D eigenvalue weighted by Gasteiger charge is 2.08. The summed E-state index contributed by atoms with van der Waals surface area (Å²) in [5.41, 5.74) is 0. The van der Waals surface area contributed by atoms with Crippen LogP contribution in [0.25, 0.3) is 0 Å². The summed E-state index contributed by atoms with van der Waals surface area (Å²) in [7, 11) is 1.71. The van der Waals surface area contributed by atoms with Crippen LogP contribution in [0.4, 0.5) is 0 Å². The Bertz CT molecular complexity index is 185. The molecule has 9 heavy (non-hydrogen) atoms. The van der Waals surface area contributed by atoms with Crippen LogP contribution in [0, 0.1) is 0 Å². The van der Waals surface area contributed by atoms with Crippen molar-refractivity contribution in [3.05, 3.63) is 12.4 Å². The van der Waals surface area contributed by atoms with Gasteiger partial charge in [0.1, 0.15) is 12.0 Å². The van der Waals surface area contributed by atoms with Gasteiger partial charge in [-0.2, -0.15) is 5.10 Å². The van der Waals surface area contributed by atoms with E-state index in [2.05, 4.69) is 17.0 Å². The quantitative estimate of drug-likeness (QED) is 0.474. The van der Waals surface area contributed by atoms with E-state index in [1.165, 1.54) is 11.2 Å². The fourth-order valence-corrected chi connectivity index (χ4v) is 0.464. The van der Waals surface area contributed by atoms with Crippen LogP contribution >= 0.6 is 0 Å². The molecule has 48 valence electrons. The van der Waals surface area contributed by atoms with Crippen LogP contribution < -0.4 is 5.32 Å². The van der Waals surface area contributed by atoms with E-state index >= 15 is 0 Å². The van der Waals surface area contributed by atoms with Gasteiger partial charge in [-0.25, -0.2) is 0 Å². The van der Waals surface area contributed by atoms with E-state index in [0.717, 1.165) is 0 Å². The van der Waals surface area contributed by atoms with Gasteiger partial charge in [-0.05, 0) is 0 Å². The molecule has 0 saturated carbocycles. The molecule has 0 unspecified atom stereocenters. The predicted octanol–water partition coefficient (Wildman–Crippen LogP) is -0.495. The maximum absolute atomic E-state index is 10.5. The van der Waals surface area contributed by atoms with Crippen LogP contribution in [0.1, 0.15) is 0 Å². The third kappa shape index (κ3) is 1.07. The molecule has 0 spiro atoms. The first-order valence-corrected chi connectivity index (χ1v) is 2.48. The van der Waals surface area contributed by atoms with Gasteiger partial charge in [-0.3, -0.25) is 9.80 Å². The van der Waals surface area contributed by atoms with Crippen molar-refractivity contribution in [2.45, 2.75) is 0 Å². The van der Waals surface area contributed by atoms with Gasteiger partial charge in [0.05, 0.1) is 0 Å². The third-order valence-electron chi connectivity index (χ3n) is 1.01. The lowest BCUT2D eigenvalue weighted by Gasteiger charge is -2.18. The summed E-state index contributed by atoms with van der Waals surface area (Å²) in [5.74, 6) is 0.278. The van der Waals surface area contributed by atoms with E-state index < -0.39 is 0 Å². The van der Waals surface area contributed by atoms with Gasteiger partial charge < -0.3 is 5.32 Å². The summed E-state index contributed by atoms with van der Waals surface area (Å²) in [4.78, 5) is 10.5. The number of rotatable bonds is 0. The smallest absolute Gasteiger partial charge is 0.269 e. The molecule has 4 heteroatoms. The summed E-state index contributed by atoms with van der Waals surface area (Å²) in [6, 6.07) is 0. The molecule has 0 saturated heterocycles. The molecule has 0 aliphatic carbocycles. The van der Waals surface area contributed by atoms with Gasteiger partial charge in [0.15, 0.2) is 0 Å². The van der Waals surface area contributed by atoms with Crippen LogP contribution in [0.5, 0.6) is 0 Å². The van der Waals surface area contributed by atoms with Crippen LogP contribution in [-0.2, 0) is 4.79 Å². The molecule has 1 N–H and O–H groups in total. The minimum Gasteiger partial charge on any atom is -0.306 e. The average Bonchev–Trinajstić information content (AvgIpc) is 1.80. The average molecular weight is 125 g/mol. The van der Waals surface area contributed by atoms with Gasteiger partial charge >= 0.3 is 0 Å². The van der Waals surface area contributed by atoms with Crippen molar-refractivity contribution in [1.29, 1.82) is 0 Å². The van der Waals surface area contributed by atoms with Crippen molar-refractivity contribution in [2.75, 3.05) is 7.05 Å². The monoisotopic (exact) mass is 125 g/mol. The van der Waals surface area contributed by atoms with E-state index in [4.69, 9.17) is 0 Å². The van der Waals surface area contributed by atoms with Crippen molar-refractivity contribution in [3.63, 3.8) is 0 Å². The van der Waals surface area contributed by atoms with Crippen molar-refractivity contribution in [1.82, 2.24) is 10.3 Å². The number of carbonyl (C=O) groups is 1. The zero-order valence-corrected chi connectivity index (χ0v) is 5.09. The minimum atomic E-state index is -0.224. The molecule has 1 rings (SSSR count). The fourth-order valence-electron chi connectivity index (χ4n) is 0.464. The van der Waals surface area contributed by atoms with E-state index in [0.29, 0.717) is 5.82 Å². The number of hydrazone groups is 1. The first-order chi connectivity index (χ1) is 4.20. The van der Waals surface area contributed by atoms with Crippen molar-refractivity contribution < 1.29 is 4.79 Å². The number of amides is 1. The van der Waals surface area contributed by atoms with Gasteiger partial charge in [0, 0.05) is 7.05 Å². The summed E-state index contributed by atoms with van der Waals surface area (Å²) >= 11 is 0. The molecule has 1 aliphatic heterocycles. The zero-order chi connectivity index (χ0) is 6.85. The summed E-state index contributed by atoms with van der Waals surface area (Å²) < 4.78 is 0. The fraction of sp³-hybridized carbons (Fsp3) is 0.200. The lowest BCUT2D eigenvalue weighted by atomic mass is 10.6. The summed E-state index contributed by atoms with van der Waals surface area (Å²) in [5, 5.41) is 7.65. The second kappa shape index (κ2) is 1.89. The molecular formula is C5H7N3O. The van der Waals surface area contributed by atoms with Crippen molar-refractivity contribution >= 4 is 12.1 Å². The second-order valence-corrected chi connectivity index (χ2v) is 1.70. The van der Waals surface area contributed by atoms with Crippen LogP contribution in [0.3, 0.4) is 0 Å². The molecule has 1 aliphatic rings. The van der Waals surface area contributed by atoms with E-state index in [1.54, 1.807) is 7.05 Å². The Labute approximate surface area is 52.8 Å². The molecular weight excluding hydrogens is 118 g/mol. The topological polar surface area (TPSA) is 44.7 Å². The first kappa shape index (κ1) is 5.81. The highest BCUT2D eigenvalue weighted by atomic mass is 16.2. The molecule has 1 amide bonds. The molecule has 1 heterocycles.